The van der Waals surface area contributed by atoms with E-state index in [0.717, 1.165) is 25.1 Å². The van der Waals surface area contributed by atoms with E-state index < -0.39 is 0 Å². The Morgan fingerprint density at radius 3 is 2.81 bits per heavy atom. The van der Waals surface area contributed by atoms with E-state index >= 15 is 0 Å². The lowest BCUT2D eigenvalue weighted by Gasteiger charge is -2.31. The van der Waals surface area contributed by atoms with E-state index in [9.17, 15) is 10.1 Å². The fourth-order valence-electron chi connectivity index (χ4n) is 3.39. The maximum Gasteiger partial charge on any atom is 0.274 e. The third-order valence-electron chi connectivity index (χ3n) is 4.69. The van der Waals surface area contributed by atoms with Crippen molar-refractivity contribution < 1.29 is 4.79 Å². The van der Waals surface area contributed by atoms with Gasteiger partial charge in [-0.05, 0) is 48.7 Å². The van der Waals surface area contributed by atoms with Gasteiger partial charge in [-0.1, -0.05) is 30.3 Å². The van der Waals surface area contributed by atoms with Gasteiger partial charge in [0.05, 0.1) is 11.3 Å². The van der Waals surface area contributed by atoms with Crippen LogP contribution in [0.5, 0.6) is 0 Å². The zero-order valence-electron chi connectivity index (χ0n) is 14.7. The summed E-state index contributed by atoms with van der Waals surface area (Å²) in [6.45, 7) is 0.902. The van der Waals surface area contributed by atoms with E-state index in [1.54, 1.807) is 36.5 Å². The number of pyridine rings is 1. The Morgan fingerprint density at radius 1 is 1.11 bits per heavy atom. The van der Waals surface area contributed by atoms with Crippen molar-refractivity contribution in [2.24, 2.45) is 0 Å². The Labute approximate surface area is 157 Å². The number of nitrogens with zero attached hydrogens (tertiary/aromatic N) is 3. The molecule has 1 aliphatic rings. The summed E-state index contributed by atoms with van der Waals surface area (Å²) in [6.07, 6.45) is 3.78. The number of para-hydroxylation sites is 2. The molecule has 0 aliphatic carbocycles. The average molecular weight is 354 g/mol. The molecular formula is C22H18N4O. The standard InChI is InChI=1S/C22H18N4O/c23-15-17-7-1-3-9-19(17)25-22(27)20-14-18(11-12-24-20)26-13-5-8-16-6-2-4-10-21(16)26/h1-4,6-7,9-12,14H,5,8,13H2,(H,25,27). The van der Waals surface area contributed by atoms with Crippen molar-refractivity contribution in [3.63, 3.8) is 0 Å². The molecule has 0 spiro atoms. The molecule has 2 aromatic carbocycles. The van der Waals surface area contributed by atoms with E-state index in [2.05, 4.69) is 39.5 Å². The molecule has 1 aromatic heterocycles. The van der Waals surface area contributed by atoms with Crippen molar-refractivity contribution in [1.29, 1.82) is 5.26 Å². The summed E-state index contributed by atoms with van der Waals surface area (Å²) < 4.78 is 0. The molecule has 4 rings (SSSR count). The molecule has 1 aliphatic heterocycles. The van der Waals surface area contributed by atoms with Crippen molar-refractivity contribution in [1.82, 2.24) is 4.98 Å². The van der Waals surface area contributed by atoms with Crippen LogP contribution < -0.4 is 10.2 Å². The normalized spacial score (nSPS) is 12.8. The number of anilines is 3. The summed E-state index contributed by atoms with van der Waals surface area (Å²) in [5.41, 5.74) is 4.66. The van der Waals surface area contributed by atoms with Crippen molar-refractivity contribution in [3.8, 4) is 6.07 Å². The summed E-state index contributed by atoms with van der Waals surface area (Å²) in [5.74, 6) is -0.329. The molecule has 0 saturated carbocycles. The van der Waals surface area contributed by atoms with E-state index in [4.69, 9.17) is 0 Å². The van der Waals surface area contributed by atoms with Gasteiger partial charge < -0.3 is 10.2 Å². The zero-order valence-corrected chi connectivity index (χ0v) is 14.7. The number of aromatic nitrogens is 1. The van der Waals surface area contributed by atoms with Crippen LogP contribution in [0.4, 0.5) is 17.1 Å². The van der Waals surface area contributed by atoms with Gasteiger partial charge in [0.15, 0.2) is 0 Å². The molecule has 0 saturated heterocycles. The summed E-state index contributed by atoms with van der Waals surface area (Å²) in [5, 5.41) is 12.0. The third kappa shape index (κ3) is 3.38. The largest absolute Gasteiger partial charge is 0.341 e. The summed E-state index contributed by atoms with van der Waals surface area (Å²) >= 11 is 0. The predicted octanol–water partition coefficient (Wildman–Crippen LogP) is 4.29. The molecule has 0 fully saturated rings. The number of hydrogen-bond donors (Lipinski definition) is 1. The molecule has 2 heterocycles. The van der Waals surface area contributed by atoms with Gasteiger partial charge in [0.1, 0.15) is 11.8 Å². The smallest absolute Gasteiger partial charge is 0.274 e. The Kier molecular flexibility index (Phi) is 4.54. The van der Waals surface area contributed by atoms with E-state index in [1.807, 2.05) is 12.1 Å². The molecule has 0 unspecified atom stereocenters. The molecule has 5 heteroatoms. The molecule has 3 aromatic rings. The number of hydrogen-bond acceptors (Lipinski definition) is 4. The van der Waals surface area contributed by atoms with E-state index in [-0.39, 0.29) is 5.91 Å². The first-order valence-corrected chi connectivity index (χ1v) is 8.88. The van der Waals surface area contributed by atoms with Gasteiger partial charge in [0, 0.05) is 24.1 Å². The number of nitriles is 1. The van der Waals surface area contributed by atoms with Crippen LogP contribution in [-0.2, 0) is 6.42 Å². The number of fused-ring (bicyclic) bond motifs is 1. The number of nitrogens with one attached hydrogen (secondary N) is 1. The van der Waals surface area contributed by atoms with E-state index in [1.165, 1.54) is 11.3 Å². The van der Waals surface area contributed by atoms with Crippen molar-refractivity contribution in [2.45, 2.75) is 12.8 Å². The minimum Gasteiger partial charge on any atom is -0.341 e. The van der Waals surface area contributed by atoms with Crippen LogP contribution in [0.25, 0.3) is 0 Å². The van der Waals surface area contributed by atoms with Gasteiger partial charge in [-0.25, -0.2) is 0 Å². The van der Waals surface area contributed by atoms with Gasteiger partial charge >= 0.3 is 0 Å². The molecule has 1 N–H and O–H groups in total. The lowest BCUT2D eigenvalue weighted by atomic mass is 10.0. The summed E-state index contributed by atoms with van der Waals surface area (Å²) in [6, 6.07) is 21.1. The highest BCUT2D eigenvalue weighted by Crippen LogP contribution is 2.33. The second-order valence-corrected chi connectivity index (χ2v) is 6.39. The lowest BCUT2D eigenvalue weighted by molar-refractivity contribution is 0.102. The maximum atomic E-state index is 12.7. The fourth-order valence-corrected chi connectivity index (χ4v) is 3.39. The van der Waals surface area contributed by atoms with Gasteiger partial charge in [0.25, 0.3) is 5.91 Å². The van der Waals surface area contributed by atoms with Gasteiger partial charge in [-0.2, -0.15) is 5.26 Å². The number of amides is 1. The highest BCUT2D eigenvalue weighted by atomic mass is 16.1. The first-order chi connectivity index (χ1) is 13.3. The quantitative estimate of drug-likeness (QED) is 0.762. The molecule has 0 radical (unpaired) electrons. The summed E-state index contributed by atoms with van der Waals surface area (Å²) in [4.78, 5) is 19.1. The molecule has 27 heavy (non-hydrogen) atoms. The van der Waals surface area contributed by atoms with Gasteiger partial charge in [-0.3, -0.25) is 9.78 Å². The van der Waals surface area contributed by atoms with Crippen LogP contribution in [0.15, 0.2) is 66.9 Å². The molecule has 0 bridgehead atoms. The highest BCUT2D eigenvalue weighted by molar-refractivity contribution is 6.04. The minimum atomic E-state index is -0.329. The lowest BCUT2D eigenvalue weighted by Crippen LogP contribution is -2.25. The third-order valence-corrected chi connectivity index (χ3v) is 4.69. The Morgan fingerprint density at radius 2 is 1.93 bits per heavy atom. The number of rotatable bonds is 3. The number of benzene rings is 2. The molecule has 5 nitrogen and oxygen atoms in total. The maximum absolute atomic E-state index is 12.7. The fraction of sp³-hybridized carbons (Fsp3) is 0.136. The van der Waals surface area contributed by atoms with Crippen molar-refractivity contribution >= 4 is 23.0 Å². The first-order valence-electron chi connectivity index (χ1n) is 8.88. The van der Waals surface area contributed by atoms with Crippen LogP contribution in [0.1, 0.15) is 28.0 Å². The highest BCUT2D eigenvalue weighted by Gasteiger charge is 2.19. The Balaban J connectivity index is 1.62. The topological polar surface area (TPSA) is 69.0 Å². The monoisotopic (exact) mass is 354 g/mol. The molecular weight excluding hydrogens is 336 g/mol. The molecule has 1 amide bonds. The Bertz CT molecular complexity index is 1040. The van der Waals surface area contributed by atoms with Crippen LogP contribution in [0.2, 0.25) is 0 Å². The average Bonchev–Trinajstić information content (AvgIpc) is 2.74. The molecule has 0 atom stereocenters. The van der Waals surface area contributed by atoms with Crippen LogP contribution in [0.3, 0.4) is 0 Å². The predicted molar refractivity (Wildman–Crippen MR) is 105 cm³/mol. The van der Waals surface area contributed by atoms with Crippen molar-refractivity contribution in [3.05, 3.63) is 83.7 Å². The first kappa shape index (κ1) is 16.8. The van der Waals surface area contributed by atoms with Crippen molar-refractivity contribution in [2.75, 3.05) is 16.8 Å². The van der Waals surface area contributed by atoms with Gasteiger partial charge in [0.2, 0.25) is 0 Å². The Hall–Kier alpha value is -3.65. The van der Waals surface area contributed by atoms with E-state index in [0.29, 0.717) is 16.9 Å². The SMILES string of the molecule is N#Cc1ccccc1NC(=O)c1cc(N2CCCc3ccccc32)ccn1. The van der Waals surface area contributed by atoms with Gasteiger partial charge in [-0.15, -0.1) is 0 Å². The second-order valence-electron chi connectivity index (χ2n) is 6.39. The number of aryl methyl sites for hydroxylation is 1. The summed E-state index contributed by atoms with van der Waals surface area (Å²) in [7, 11) is 0. The molecule has 132 valence electrons. The zero-order chi connectivity index (χ0) is 18.6. The van der Waals surface area contributed by atoms with Crippen LogP contribution in [-0.4, -0.2) is 17.4 Å². The number of carbonyl (C=O) groups is 1. The van der Waals surface area contributed by atoms with Crippen LogP contribution >= 0.6 is 0 Å². The second kappa shape index (κ2) is 7.30. The minimum absolute atomic E-state index is 0.322. The number of carbonyl (C=O) groups excluding carboxylic acids is 1. The van der Waals surface area contributed by atoms with Crippen LogP contribution in [0, 0.1) is 11.3 Å².